The van der Waals surface area contributed by atoms with Gasteiger partial charge in [0.05, 0.1) is 6.54 Å². The summed E-state index contributed by atoms with van der Waals surface area (Å²) >= 11 is 0. The lowest BCUT2D eigenvalue weighted by atomic mass is 9.95. The van der Waals surface area contributed by atoms with Gasteiger partial charge in [-0.15, -0.1) is 12.4 Å². The van der Waals surface area contributed by atoms with Crippen LogP contribution in [0.3, 0.4) is 0 Å². The van der Waals surface area contributed by atoms with Gasteiger partial charge >= 0.3 is 6.03 Å². The SMILES string of the molecule is CCCNC(=O)NC(=O)CN1CCC(N)C(C)C1.Cl. The number of halogens is 1. The number of rotatable bonds is 4. The van der Waals surface area contributed by atoms with Crippen LogP contribution in [0.2, 0.25) is 0 Å². The van der Waals surface area contributed by atoms with E-state index in [0.29, 0.717) is 12.5 Å². The summed E-state index contributed by atoms with van der Waals surface area (Å²) in [4.78, 5) is 25.0. The second-order valence-corrected chi connectivity index (χ2v) is 4.97. The van der Waals surface area contributed by atoms with Crippen molar-refractivity contribution >= 4 is 24.3 Å². The van der Waals surface area contributed by atoms with E-state index in [1.807, 2.05) is 11.8 Å². The van der Waals surface area contributed by atoms with Crippen molar-refractivity contribution in [3.05, 3.63) is 0 Å². The number of urea groups is 1. The standard InChI is InChI=1S/C12H24N4O2.ClH/c1-3-5-14-12(18)15-11(17)8-16-6-4-10(13)9(2)7-16;/h9-10H,3-8,13H2,1-2H3,(H2,14,15,17,18);1H. The van der Waals surface area contributed by atoms with Crippen molar-refractivity contribution < 1.29 is 9.59 Å². The predicted molar refractivity (Wildman–Crippen MR) is 77.3 cm³/mol. The molecule has 7 heteroatoms. The molecule has 0 aromatic carbocycles. The molecule has 0 spiro atoms. The molecule has 1 aliphatic rings. The van der Waals surface area contributed by atoms with Gasteiger partial charge in [0, 0.05) is 25.7 Å². The molecule has 1 heterocycles. The molecule has 2 atom stereocenters. The van der Waals surface area contributed by atoms with Crippen molar-refractivity contribution in [2.75, 3.05) is 26.2 Å². The second kappa shape index (κ2) is 9.12. The van der Waals surface area contributed by atoms with E-state index >= 15 is 0 Å². The van der Waals surface area contributed by atoms with Gasteiger partial charge in [-0.25, -0.2) is 4.79 Å². The first kappa shape index (κ1) is 18.1. The second-order valence-electron chi connectivity index (χ2n) is 4.97. The summed E-state index contributed by atoms with van der Waals surface area (Å²) in [7, 11) is 0. The number of hydrogen-bond acceptors (Lipinski definition) is 4. The van der Waals surface area contributed by atoms with E-state index in [9.17, 15) is 9.59 Å². The molecule has 1 saturated heterocycles. The zero-order valence-electron chi connectivity index (χ0n) is 11.6. The van der Waals surface area contributed by atoms with E-state index in [2.05, 4.69) is 17.6 Å². The third kappa shape index (κ3) is 6.75. The molecule has 1 fully saturated rings. The minimum Gasteiger partial charge on any atom is -0.338 e. The predicted octanol–water partition coefficient (Wildman–Crippen LogP) is 0.313. The molecular weight excluding hydrogens is 268 g/mol. The molecule has 0 radical (unpaired) electrons. The van der Waals surface area contributed by atoms with Gasteiger partial charge in [0.1, 0.15) is 0 Å². The molecule has 19 heavy (non-hydrogen) atoms. The number of likely N-dealkylation sites (tertiary alicyclic amines) is 1. The fourth-order valence-electron chi connectivity index (χ4n) is 2.05. The number of hydrogen-bond donors (Lipinski definition) is 3. The van der Waals surface area contributed by atoms with Gasteiger partial charge in [-0.05, 0) is 18.8 Å². The van der Waals surface area contributed by atoms with E-state index in [-0.39, 0.29) is 30.9 Å². The first-order valence-electron chi connectivity index (χ1n) is 6.58. The first-order chi connectivity index (χ1) is 8.52. The van der Waals surface area contributed by atoms with Gasteiger partial charge in [0.25, 0.3) is 0 Å². The first-order valence-corrected chi connectivity index (χ1v) is 6.58. The van der Waals surface area contributed by atoms with Gasteiger partial charge in [0.2, 0.25) is 5.91 Å². The summed E-state index contributed by atoms with van der Waals surface area (Å²) in [5.41, 5.74) is 5.92. The number of nitrogens with one attached hydrogen (secondary N) is 2. The van der Waals surface area contributed by atoms with Gasteiger partial charge < -0.3 is 11.1 Å². The summed E-state index contributed by atoms with van der Waals surface area (Å²) in [5, 5.41) is 4.93. The minimum atomic E-state index is -0.413. The van der Waals surface area contributed by atoms with Crippen molar-refractivity contribution in [3.8, 4) is 0 Å². The van der Waals surface area contributed by atoms with E-state index in [1.165, 1.54) is 0 Å². The largest absolute Gasteiger partial charge is 0.338 e. The molecule has 0 bridgehead atoms. The Balaban J connectivity index is 0.00000324. The molecule has 0 aliphatic carbocycles. The normalized spacial score (nSPS) is 23.3. The van der Waals surface area contributed by atoms with Crippen molar-refractivity contribution in [1.29, 1.82) is 0 Å². The Kier molecular flexibility index (Phi) is 8.71. The Morgan fingerprint density at radius 1 is 1.42 bits per heavy atom. The molecule has 2 unspecified atom stereocenters. The van der Waals surface area contributed by atoms with Crippen LogP contribution in [-0.2, 0) is 4.79 Å². The van der Waals surface area contributed by atoms with E-state index in [4.69, 9.17) is 5.73 Å². The smallest absolute Gasteiger partial charge is 0.321 e. The topological polar surface area (TPSA) is 87.5 Å². The molecule has 1 rings (SSSR count). The summed E-state index contributed by atoms with van der Waals surface area (Å²) in [6.45, 7) is 6.51. The average molecular weight is 293 g/mol. The number of carbonyl (C=O) groups is 2. The molecule has 0 aromatic heterocycles. The van der Waals surface area contributed by atoms with Crippen LogP contribution >= 0.6 is 12.4 Å². The maximum Gasteiger partial charge on any atom is 0.321 e. The van der Waals surface area contributed by atoms with Crippen LogP contribution in [0.15, 0.2) is 0 Å². The van der Waals surface area contributed by atoms with E-state index < -0.39 is 6.03 Å². The lowest BCUT2D eigenvalue weighted by Crippen LogP contribution is -2.50. The number of amides is 3. The van der Waals surface area contributed by atoms with Gasteiger partial charge in [-0.3, -0.25) is 15.0 Å². The van der Waals surface area contributed by atoms with Gasteiger partial charge in [-0.1, -0.05) is 13.8 Å². The molecule has 6 nitrogen and oxygen atoms in total. The van der Waals surface area contributed by atoms with Crippen LogP contribution in [0.4, 0.5) is 4.79 Å². The Hall–Kier alpha value is -0.850. The summed E-state index contributed by atoms with van der Waals surface area (Å²) in [6, 6.07) is -0.194. The molecule has 1 aliphatic heterocycles. The quantitative estimate of drug-likeness (QED) is 0.696. The Morgan fingerprint density at radius 2 is 2.11 bits per heavy atom. The van der Waals surface area contributed by atoms with Crippen molar-refractivity contribution in [3.63, 3.8) is 0 Å². The lowest BCUT2D eigenvalue weighted by molar-refractivity contribution is -0.121. The van der Waals surface area contributed by atoms with Crippen molar-refractivity contribution in [2.24, 2.45) is 11.7 Å². The van der Waals surface area contributed by atoms with Crippen molar-refractivity contribution in [2.45, 2.75) is 32.7 Å². The van der Waals surface area contributed by atoms with Crippen LogP contribution in [0.5, 0.6) is 0 Å². The minimum absolute atomic E-state index is 0. The van der Waals surface area contributed by atoms with Crippen LogP contribution in [0.25, 0.3) is 0 Å². The Bertz CT molecular complexity index is 301. The molecule has 4 N–H and O–H groups in total. The molecule has 112 valence electrons. The fraction of sp³-hybridized carbons (Fsp3) is 0.833. The highest BCUT2D eigenvalue weighted by Crippen LogP contribution is 2.14. The van der Waals surface area contributed by atoms with Crippen molar-refractivity contribution in [1.82, 2.24) is 15.5 Å². The fourth-order valence-corrected chi connectivity index (χ4v) is 2.05. The molecule has 0 aromatic rings. The third-order valence-electron chi connectivity index (χ3n) is 3.21. The van der Waals surface area contributed by atoms with E-state index in [1.54, 1.807) is 0 Å². The van der Waals surface area contributed by atoms with E-state index in [0.717, 1.165) is 25.9 Å². The number of nitrogens with zero attached hydrogens (tertiary/aromatic N) is 1. The summed E-state index contributed by atoms with van der Waals surface area (Å²) < 4.78 is 0. The number of carbonyl (C=O) groups excluding carboxylic acids is 2. The average Bonchev–Trinajstić information content (AvgIpc) is 2.31. The maximum atomic E-state index is 11.6. The number of piperidine rings is 1. The summed E-state index contributed by atoms with van der Waals surface area (Å²) in [5.74, 6) is 0.131. The number of nitrogens with two attached hydrogens (primary N) is 1. The maximum absolute atomic E-state index is 11.6. The Morgan fingerprint density at radius 3 is 2.68 bits per heavy atom. The van der Waals surface area contributed by atoms with Gasteiger partial charge in [0.15, 0.2) is 0 Å². The molecular formula is C12H25ClN4O2. The highest BCUT2D eigenvalue weighted by atomic mass is 35.5. The third-order valence-corrected chi connectivity index (χ3v) is 3.21. The van der Waals surface area contributed by atoms with Gasteiger partial charge in [-0.2, -0.15) is 0 Å². The summed E-state index contributed by atoms with van der Waals surface area (Å²) in [6.07, 6.45) is 1.75. The Labute approximate surface area is 120 Å². The van der Waals surface area contributed by atoms with Crippen LogP contribution in [0.1, 0.15) is 26.7 Å². The van der Waals surface area contributed by atoms with Crippen LogP contribution in [-0.4, -0.2) is 49.1 Å². The molecule has 0 saturated carbocycles. The number of imide groups is 1. The zero-order chi connectivity index (χ0) is 13.5. The lowest BCUT2D eigenvalue weighted by Gasteiger charge is -2.34. The molecule has 3 amide bonds. The highest BCUT2D eigenvalue weighted by molar-refractivity contribution is 5.95. The van der Waals surface area contributed by atoms with Crippen LogP contribution in [0, 0.1) is 5.92 Å². The van der Waals surface area contributed by atoms with Crippen LogP contribution < -0.4 is 16.4 Å². The monoisotopic (exact) mass is 292 g/mol. The highest BCUT2D eigenvalue weighted by Gasteiger charge is 2.24. The zero-order valence-corrected chi connectivity index (χ0v) is 12.5.